The fraction of sp³-hybridized carbons (Fsp3) is 0.571. The summed E-state index contributed by atoms with van der Waals surface area (Å²) >= 11 is 5.52. The Labute approximate surface area is 122 Å². The molecule has 0 spiro atoms. The second-order valence-electron chi connectivity index (χ2n) is 5.36. The first-order chi connectivity index (χ1) is 8.53. The van der Waals surface area contributed by atoms with Crippen LogP contribution in [0.25, 0.3) is 0 Å². The van der Waals surface area contributed by atoms with Gasteiger partial charge in [0.25, 0.3) is 0 Å². The average molecular weight is 330 g/mol. The lowest BCUT2D eigenvalue weighted by Gasteiger charge is -2.39. The molecule has 1 aromatic rings. The van der Waals surface area contributed by atoms with Gasteiger partial charge in [0.2, 0.25) is 0 Å². The summed E-state index contributed by atoms with van der Waals surface area (Å²) in [7, 11) is 1.70. The highest BCUT2D eigenvalue weighted by molar-refractivity contribution is 9.10. The number of ether oxygens (including phenoxy) is 1. The molecule has 4 heteroatoms. The first kappa shape index (κ1) is 14.1. The van der Waals surface area contributed by atoms with Gasteiger partial charge >= 0.3 is 0 Å². The molecule has 1 N–H and O–H groups in total. The smallest absolute Gasteiger partial charge is 0.135 e. The summed E-state index contributed by atoms with van der Waals surface area (Å²) in [4.78, 5) is 0. The van der Waals surface area contributed by atoms with Crippen molar-refractivity contribution in [2.75, 3.05) is 23.9 Å². The van der Waals surface area contributed by atoms with Gasteiger partial charge in [-0.15, -0.1) is 0 Å². The summed E-state index contributed by atoms with van der Waals surface area (Å²) in [5, 5.41) is 3.65. The van der Waals surface area contributed by atoms with Gasteiger partial charge in [0.1, 0.15) is 5.75 Å². The minimum atomic E-state index is 0.353. The molecule has 0 amide bonds. The van der Waals surface area contributed by atoms with E-state index in [-0.39, 0.29) is 0 Å². The third-order valence-corrected chi connectivity index (χ3v) is 5.33. The van der Waals surface area contributed by atoms with Crippen LogP contribution in [-0.2, 0) is 0 Å². The molecular formula is C14H20BrNOS. The number of benzene rings is 1. The Kier molecular flexibility index (Phi) is 4.49. The molecular weight excluding hydrogens is 310 g/mol. The monoisotopic (exact) mass is 329 g/mol. The Morgan fingerprint density at radius 2 is 2.22 bits per heavy atom. The molecule has 1 heterocycles. The van der Waals surface area contributed by atoms with Crippen LogP contribution in [-0.4, -0.2) is 24.7 Å². The van der Waals surface area contributed by atoms with Gasteiger partial charge in [-0.1, -0.05) is 13.8 Å². The first-order valence-corrected chi connectivity index (χ1v) is 8.15. The second-order valence-corrected chi connectivity index (χ2v) is 7.36. The Balaban J connectivity index is 2.13. The molecule has 1 atom stereocenters. The summed E-state index contributed by atoms with van der Waals surface area (Å²) in [5.41, 5.74) is 1.49. The van der Waals surface area contributed by atoms with Crippen LogP contribution >= 0.6 is 27.7 Å². The molecule has 0 aromatic heterocycles. The molecule has 2 rings (SSSR count). The standard InChI is InChI=1S/C14H20BrNOS/c1-14(2)6-7-18-9-13(14)16-10-4-5-11(15)12(8-10)17-3/h4-5,8,13,16H,6-7,9H2,1-3H3. The van der Waals surface area contributed by atoms with E-state index in [0.29, 0.717) is 11.5 Å². The maximum atomic E-state index is 5.33. The maximum absolute atomic E-state index is 5.33. The number of halogens is 1. The second kappa shape index (κ2) is 5.74. The largest absolute Gasteiger partial charge is 0.495 e. The number of rotatable bonds is 3. The molecule has 1 fully saturated rings. The molecule has 1 aromatic carbocycles. The van der Waals surface area contributed by atoms with Crippen molar-refractivity contribution in [3.63, 3.8) is 0 Å². The van der Waals surface area contributed by atoms with E-state index in [1.165, 1.54) is 17.9 Å². The van der Waals surface area contributed by atoms with E-state index in [9.17, 15) is 0 Å². The number of nitrogens with one attached hydrogen (secondary N) is 1. The number of hydrogen-bond donors (Lipinski definition) is 1. The molecule has 100 valence electrons. The summed E-state index contributed by atoms with van der Waals surface area (Å²) in [6.07, 6.45) is 1.27. The third-order valence-electron chi connectivity index (χ3n) is 3.61. The van der Waals surface area contributed by atoms with E-state index in [0.717, 1.165) is 15.9 Å². The van der Waals surface area contributed by atoms with Crippen LogP contribution in [0.4, 0.5) is 5.69 Å². The Hall–Kier alpha value is -0.350. The van der Waals surface area contributed by atoms with E-state index in [4.69, 9.17) is 4.74 Å². The van der Waals surface area contributed by atoms with Crippen LogP contribution < -0.4 is 10.1 Å². The zero-order valence-electron chi connectivity index (χ0n) is 11.1. The Bertz CT molecular complexity index is 422. The SMILES string of the molecule is COc1cc(NC2CSCCC2(C)C)ccc1Br. The summed E-state index contributed by atoms with van der Waals surface area (Å²) < 4.78 is 6.33. The number of hydrogen-bond acceptors (Lipinski definition) is 3. The van der Waals surface area contributed by atoms with E-state index in [1.54, 1.807) is 7.11 Å². The predicted octanol–water partition coefficient (Wildman–Crippen LogP) is 4.40. The summed E-state index contributed by atoms with van der Waals surface area (Å²) in [6, 6.07) is 6.70. The van der Waals surface area contributed by atoms with Gasteiger partial charge in [0.15, 0.2) is 0 Å². The van der Waals surface area contributed by atoms with Crippen molar-refractivity contribution in [3.8, 4) is 5.75 Å². The maximum Gasteiger partial charge on any atom is 0.135 e. The van der Waals surface area contributed by atoms with Crippen molar-refractivity contribution < 1.29 is 4.74 Å². The van der Waals surface area contributed by atoms with Crippen molar-refractivity contribution in [3.05, 3.63) is 22.7 Å². The molecule has 2 nitrogen and oxygen atoms in total. The van der Waals surface area contributed by atoms with Crippen molar-refractivity contribution in [2.45, 2.75) is 26.3 Å². The van der Waals surface area contributed by atoms with E-state index in [2.05, 4.69) is 47.2 Å². The van der Waals surface area contributed by atoms with Crippen molar-refractivity contribution in [1.82, 2.24) is 0 Å². The van der Waals surface area contributed by atoms with Gasteiger partial charge in [-0.05, 0) is 45.7 Å². The van der Waals surface area contributed by atoms with Crippen molar-refractivity contribution >= 4 is 33.4 Å². The van der Waals surface area contributed by atoms with Crippen LogP contribution in [0.3, 0.4) is 0 Å². The zero-order chi connectivity index (χ0) is 13.2. The average Bonchev–Trinajstić information content (AvgIpc) is 2.34. The lowest BCUT2D eigenvalue weighted by atomic mass is 9.82. The quantitative estimate of drug-likeness (QED) is 0.887. The minimum Gasteiger partial charge on any atom is -0.495 e. The topological polar surface area (TPSA) is 21.3 Å². The molecule has 0 radical (unpaired) electrons. The fourth-order valence-corrected chi connectivity index (χ4v) is 4.14. The molecule has 0 bridgehead atoms. The van der Waals surface area contributed by atoms with Gasteiger partial charge in [-0.3, -0.25) is 0 Å². The highest BCUT2D eigenvalue weighted by Gasteiger charge is 2.32. The number of methoxy groups -OCH3 is 1. The number of anilines is 1. The van der Waals surface area contributed by atoms with Gasteiger partial charge in [-0.2, -0.15) is 11.8 Å². The van der Waals surface area contributed by atoms with E-state index < -0.39 is 0 Å². The predicted molar refractivity (Wildman–Crippen MR) is 83.8 cm³/mol. The molecule has 1 aliphatic rings. The molecule has 1 aliphatic heterocycles. The highest BCUT2D eigenvalue weighted by atomic mass is 79.9. The molecule has 18 heavy (non-hydrogen) atoms. The Morgan fingerprint density at radius 3 is 2.89 bits per heavy atom. The van der Waals surface area contributed by atoms with Crippen molar-refractivity contribution in [1.29, 1.82) is 0 Å². The lowest BCUT2D eigenvalue weighted by Crippen LogP contribution is -2.41. The van der Waals surface area contributed by atoms with Crippen LogP contribution in [0.2, 0.25) is 0 Å². The van der Waals surface area contributed by atoms with E-state index >= 15 is 0 Å². The normalized spacial score (nSPS) is 22.6. The highest BCUT2D eigenvalue weighted by Crippen LogP contribution is 2.37. The van der Waals surface area contributed by atoms with Gasteiger partial charge in [-0.25, -0.2) is 0 Å². The van der Waals surface area contributed by atoms with E-state index in [1.807, 2.05) is 17.8 Å². The van der Waals surface area contributed by atoms with Gasteiger partial charge in [0.05, 0.1) is 11.6 Å². The summed E-state index contributed by atoms with van der Waals surface area (Å²) in [6.45, 7) is 4.70. The zero-order valence-corrected chi connectivity index (χ0v) is 13.5. The molecule has 1 unspecified atom stereocenters. The van der Waals surface area contributed by atoms with Crippen LogP contribution in [0, 0.1) is 5.41 Å². The third kappa shape index (κ3) is 3.15. The van der Waals surface area contributed by atoms with Crippen molar-refractivity contribution in [2.24, 2.45) is 5.41 Å². The fourth-order valence-electron chi connectivity index (χ4n) is 2.12. The first-order valence-electron chi connectivity index (χ1n) is 6.21. The molecule has 1 saturated heterocycles. The minimum absolute atomic E-state index is 0.353. The number of thioether (sulfide) groups is 1. The van der Waals surface area contributed by atoms with Gasteiger partial charge < -0.3 is 10.1 Å². The van der Waals surface area contributed by atoms with Crippen LogP contribution in [0.1, 0.15) is 20.3 Å². The summed E-state index contributed by atoms with van der Waals surface area (Å²) in [5.74, 6) is 3.32. The van der Waals surface area contributed by atoms with Crippen LogP contribution in [0.5, 0.6) is 5.75 Å². The Morgan fingerprint density at radius 1 is 1.44 bits per heavy atom. The lowest BCUT2D eigenvalue weighted by molar-refractivity contribution is 0.305. The van der Waals surface area contributed by atoms with Crippen LogP contribution in [0.15, 0.2) is 22.7 Å². The molecule has 0 saturated carbocycles. The van der Waals surface area contributed by atoms with Gasteiger partial charge in [0, 0.05) is 23.5 Å². The molecule has 0 aliphatic carbocycles.